The van der Waals surface area contributed by atoms with Gasteiger partial charge in [0, 0.05) is 13.1 Å². The predicted octanol–water partition coefficient (Wildman–Crippen LogP) is 7.72. The molecule has 0 aromatic carbocycles. The number of unbranched alkanes of at least 4 members (excludes halogenated alkanes) is 6. The molecule has 0 radical (unpaired) electrons. The van der Waals surface area contributed by atoms with E-state index >= 15 is 0 Å². The topological polar surface area (TPSA) is 3.24 Å². The van der Waals surface area contributed by atoms with E-state index in [0.717, 1.165) is 13.1 Å². The third kappa shape index (κ3) is 18.5. The lowest BCUT2D eigenvalue weighted by molar-refractivity contribution is -0.929. The van der Waals surface area contributed by atoms with Crippen LogP contribution in [0.1, 0.15) is 119 Å². The van der Waals surface area contributed by atoms with Crippen LogP contribution in [-0.2, 0) is 12.6 Å². The van der Waals surface area contributed by atoms with Gasteiger partial charge in [-0.25, -0.2) is 0 Å². The maximum Gasteiger partial charge on any atom is 0.0786 e. The summed E-state index contributed by atoms with van der Waals surface area (Å²) in [4.78, 5) is 2.14. The fraction of sp³-hybridized carbons (Fsp3) is 0.960. The number of hydrogen-bond acceptors (Lipinski definition) is 2. The minimum atomic E-state index is 0.636. The molecule has 176 valence electrons. The van der Waals surface area contributed by atoms with Gasteiger partial charge < -0.3 is 34.2 Å². The van der Waals surface area contributed by atoms with Crippen LogP contribution < -0.4 is 0 Å². The van der Waals surface area contributed by atoms with E-state index in [1.807, 2.05) is 0 Å². The molecule has 0 aliphatic carbocycles. The maximum absolute atomic E-state index is 4.98. The summed E-state index contributed by atoms with van der Waals surface area (Å²) in [5, 5.41) is 0. The second-order valence-corrected chi connectivity index (χ2v) is 9.64. The van der Waals surface area contributed by atoms with E-state index in [4.69, 9.17) is 24.8 Å². The number of quaternary nitrogens is 1. The van der Waals surface area contributed by atoms with E-state index in [9.17, 15) is 0 Å². The summed E-state index contributed by atoms with van der Waals surface area (Å²) < 4.78 is 2.06. The molecule has 0 aromatic heterocycles. The highest BCUT2D eigenvalue weighted by Gasteiger charge is 2.24. The van der Waals surface area contributed by atoms with Crippen LogP contribution in [0.25, 0.3) is 0 Å². The molecule has 0 amide bonds. The third-order valence-electron chi connectivity index (χ3n) is 5.77. The highest BCUT2D eigenvalue weighted by atomic mass is 32.1. The van der Waals surface area contributed by atoms with Gasteiger partial charge in [0.2, 0.25) is 0 Å². The Hall–Kier alpha value is 0.0700. The fourth-order valence-corrected chi connectivity index (χ4v) is 4.00. The zero-order valence-electron chi connectivity index (χ0n) is 20.9. The van der Waals surface area contributed by atoms with E-state index in [-0.39, 0.29) is 0 Å². The minimum Gasteiger partial charge on any atom is -0.411 e. The second kappa shape index (κ2) is 22.7. The highest BCUT2D eigenvalue weighted by molar-refractivity contribution is 8.00. The van der Waals surface area contributed by atoms with Crippen LogP contribution in [-0.4, -0.2) is 53.0 Å². The summed E-state index contributed by atoms with van der Waals surface area (Å²) in [5.74, 6) is 0. The average Bonchev–Trinajstić information content (AvgIpc) is 2.73. The van der Waals surface area contributed by atoms with Crippen LogP contribution in [0.5, 0.6) is 0 Å². The van der Waals surface area contributed by atoms with E-state index in [2.05, 4.69) is 46.4 Å². The predicted molar refractivity (Wildman–Crippen MR) is 141 cm³/mol. The van der Waals surface area contributed by atoms with Gasteiger partial charge in [0.15, 0.2) is 0 Å². The Morgan fingerprint density at radius 1 is 0.586 bits per heavy atom. The van der Waals surface area contributed by atoms with Crippen LogP contribution in [0.2, 0.25) is 0 Å². The summed E-state index contributed by atoms with van der Waals surface area (Å²) in [5.41, 5.74) is 0. The first kappa shape index (κ1) is 31.3. The lowest BCUT2D eigenvalue weighted by atomic mass is 10.1. The smallest absolute Gasteiger partial charge is 0.0786 e. The Kier molecular flexibility index (Phi) is 24.5. The number of rotatable bonds is 18. The largest absolute Gasteiger partial charge is 0.411 e. The molecule has 0 fully saturated rings. The van der Waals surface area contributed by atoms with Crippen LogP contribution in [0, 0.1) is 0 Å². The van der Waals surface area contributed by atoms with Crippen molar-refractivity contribution in [2.24, 2.45) is 0 Å². The van der Waals surface area contributed by atoms with Gasteiger partial charge in [0.05, 0.1) is 26.2 Å². The molecular weight excluding hydrogens is 392 g/mol. The quantitative estimate of drug-likeness (QED) is 0.120. The first-order chi connectivity index (χ1) is 14.0. The molecule has 0 aliphatic heterocycles. The Morgan fingerprint density at radius 2 is 0.862 bits per heavy atom. The summed E-state index contributed by atoms with van der Waals surface area (Å²) in [6, 6.07) is 0. The van der Waals surface area contributed by atoms with Crippen molar-refractivity contribution in [2.45, 2.75) is 119 Å². The Labute approximate surface area is 196 Å². The van der Waals surface area contributed by atoms with E-state index in [1.54, 1.807) is 0 Å². The summed E-state index contributed by atoms with van der Waals surface area (Å²) in [6.07, 6.45) is 15.9. The van der Waals surface area contributed by atoms with Crippen molar-refractivity contribution >= 4 is 29.2 Å². The normalized spacial score (nSPS) is 11.1. The zero-order chi connectivity index (χ0) is 22.4. The second-order valence-electron chi connectivity index (χ2n) is 8.61. The fourth-order valence-electron chi connectivity index (χ4n) is 3.64. The Balaban J connectivity index is 0. The van der Waals surface area contributed by atoms with Crippen LogP contribution in [0.4, 0.5) is 0 Å². The Bertz CT molecular complexity index is 302. The zero-order valence-corrected chi connectivity index (χ0v) is 22.6. The molecule has 0 atom stereocenters. The molecular formula is C25H54N2S2. The van der Waals surface area contributed by atoms with Crippen molar-refractivity contribution in [1.29, 1.82) is 0 Å². The van der Waals surface area contributed by atoms with Gasteiger partial charge in [-0.05, 0) is 38.5 Å². The van der Waals surface area contributed by atoms with E-state index in [0.29, 0.717) is 4.32 Å². The number of nitrogens with zero attached hydrogens (tertiary/aromatic N) is 2. The number of hydrogen-bond donors (Lipinski definition) is 0. The molecule has 0 spiro atoms. The van der Waals surface area contributed by atoms with Gasteiger partial charge >= 0.3 is 0 Å². The van der Waals surface area contributed by atoms with Gasteiger partial charge in [-0.3, -0.25) is 0 Å². The van der Waals surface area contributed by atoms with Gasteiger partial charge in [-0.1, -0.05) is 84.4 Å². The third-order valence-corrected chi connectivity index (χ3v) is 6.28. The van der Waals surface area contributed by atoms with Crippen molar-refractivity contribution in [3.05, 3.63) is 0 Å². The van der Waals surface area contributed by atoms with Gasteiger partial charge in [-0.15, -0.1) is 0 Å². The lowest BCUT2D eigenvalue weighted by Crippen LogP contribution is -2.50. The molecule has 0 aliphatic rings. The van der Waals surface area contributed by atoms with Crippen LogP contribution in [0.3, 0.4) is 0 Å². The molecule has 29 heavy (non-hydrogen) atoms. The van der Waals surface area contributed by atoms with Gasteiger partial charge in [0.1, 0.15) is 0 Å². The molecule has 0 saturated carbocycles. The minimum absolute atomic E-state index is 0.636. The molecule has 0 heterocycles. The van der Waals surface area contributed by atoms with Gasteiger partial charge in [0.25, 0.3) is 0 Å². The van der Waals surface area contributed by atoms with E-state index in [1.165, 1.54) is 108 Å². The first-order valence-corrected chi connectivity index (χ1v) is 13.6. The molecule has 2 nitrogen and oxygen atoms in total. The molecule has 0 saturated heterocycles. The molecule has 4 heteroatoms. The first-order valence-electron chi connectivity index (χ1n) is 12.8. The molecule has 0 aromatic rings. The maximum atomic E-state index is 4.98. The van der Waals surface area contributed by atoms with Crippen molar-refractivity contribution < 1.29 is 4.48 Å². The molecule has 0 bridgehead atoms. The summed E-state index contributed by atoms with van der Waals surface area (Å²) in [6.45, 7) is 21.5. The SMILES string of the molecule is CCCCN(CCCC)C(=S)[S-].CCCC[N+](CCCC)(CCCC)CCCC. The van der Waals surface area contributed by atoms with Crippen molar-refractivity contribution in [3.63, 3.8) is 0 Å². The highest BCUT2D eigenvalue weighted by Crippen LogP contribution is 2.16. The monoisotopic (exact) mass is 446 g/mol. The van der Waals surface area contributed by atoms with Crippen LogP contribution >= 0.6 is 12.2 Å². The summed E-state index contributed by atoms with van der Waals surface area (Å²) >= 11 is 9.97. The molecule has 0 rings (SSSR count). The molecule has 0 unspecified atom stereocenters. The van der Waals surface area contributed by atoms with Crippen LogP contribution in [0.15, 0.2) is 0 Å². The van der Waals surface area contributed by atoms with Gasteiger partial charge in [-0.2, -0.15) is 0 Å². The van der Waals surface area contributed by atoms with Crippen molar-refractivity contribution in [1.82, 2.24) is 4.90 Å². The van der Waals surface area contributed by atoms with E-state index < -0.39 is 0 Å². The summed E-state index contributed by atoms with van der Waals surface area (Å²) in [7, 11) is 0. The van der Waals surface area contributed by atoms with Crippen molar-refractivity contribution in [3.8, 4) is 0 Å². The Morgan fingerprint density at radius 3 is 1.07 bits per heavy atom. The molecule has 0 N–H and O–H groups in total. The number of thiocarbonyl (C=S) groups is 1. The average molecular weight is 447 g/mol. The van der Waals surface area contributed by atoms with Crippen molar-refractivity contribution in [2.75, 3.05) is 39.3 Å². The lowest BCUT2D eigenvalue weighted by Gasteiger charge is -2.39. The standard InChI is InChI=1S/C16H36N.C9H19NS2/c1-5-9-13-17(14-10-6-2,15-11-7-3)16-12-8-4;1-3-5-7-10(9(11)12)8-6-4-2/h5-16H2,1-4H3;3-8H2,1-2H3,(H,11,12)/q+1;/p-1.